The number of carbonyl (C=O) groups is 1. The topological polar surface area (TPSA) is 37.3 Å². The molecule has 0 radical (unpaired) electrons. The molecule has 0 spiro atoms. The number of benzene rings is 1. The largest absolute Gasteiger partial charge is 0.389 e. The summed E-state index contributed by atoms with van der Waals surface area (Å²) in [5.41, 5.74) is 2.01. The van der Waals surface area contributed by atoms with Crippen LogP contribution in [0.1, 0.15) is 18.4 Å². The quantitative estimate of drug-likeness (QED) is 0.812. The van der Waals surface area contributed by atoms with Gasteiger partial charge < -0.3 is 5.11 Å². The highest BCUT2D eigenvalue weighted by Gasteiger charge is 2.21. The van der Waals surface area contributed by atoms with Gasteiger partial charge in [-0.3, -0.25) is 4.79 Å². The van der Waals surface area contributed by atoms with E-state index in [1.165, 1.54) is 5.56 Å². The second kappa shape index (κ2) is 4.41. The minimum atomic E-state index is -0.553. The average molecular weight is 202 g/mol. The standard InChI is InChI=1S/C13H14O2/c14-12-8-11(13(15)9-12)7-6-10-4-2-1-3-5-10/h1-5,8,12,14H,6-7,9H2/t12-/m1/s1. The van der Waals surface area contributed by atoms with Gasteiger partial charge in [0.2, 0.25) is 0 Å². The Morgan fingerprint density at radius 2 is 1.93 bits per heavy atom. The normalized spacial score (nSPS) is 20.5. The van der Waals surface area contributed by atoms with Crippen LogP contribution in [-0.2, 0) is 11.2 Å². The van der Waals surface area contributed by atoms with Gasteiger partial charge in [-0.25, -0.2) is 0 Å². The molecule has 1 N–H and O–H groups in total. The average Bonchev–Trinajstić information content (AvgIpc) is 2.56. The van der Waals surface area contributed by atoms with Crippen LogP contribution < -0.4 is 0 Å². The summed E-state index contributed by atoms with van der Waals surface area (Å²) < 4.78 is 0. The van der Waals surface area contributed by atoms with Crippen molar-refractivity contribution in [2.24, 2.45) is 0 Å². The molecule has 78 valence electrons. The molecule has 0 heterocycles. The van der Waals surface area contributed by atoms with Crippen LogP contribution in [0.3, 0.4) is 0 Å². The Morgan fingerprint density at radius 1 is 1.20 bits per heavy atom. The van der Waals surface area contributed by atoms with Gasteiger partial charge in [-0.2, -0.15) is 0 Å². The summed E-state index contributed by atoms with van der Waals surface area (Å²) in [6.07, 6.45) is 3.00. The number of hydrogen-bond donors (Lipinski definition) is 1. The molecule has 2 heteroatoms. The first kappa shape index (κ1) is 10.1. The molecular formula is C13H14O2. The van der Waals surface area contributed by atoms with E-state index in [1.54, 1.807) is 6.08 Å². The van der Waals surface area contributed by atoms with Gasteiger partial charge in [0.15, 0.2) is 5.78 Å². The zero-order valence-corrected chi connectivity index (χ0v) is 8.52. The van der Waals surface area contributed by atoms with E-state index in [9.17, 15) is 9.90 Å². The summed E-state index contributed by atoms with van der Waals surface area (Å²) >= 11 is 0. The zero-order chi connectivity index (χ0) is 10.7. The van der Waals surface area contributed by atoms with Crippen LogP contribution in [0.2, 0.25) is 0 Å². The summed E-state index contributed by atoms with van der Waals surface area (Å²) in [4.78, 5) is 11.4. The van der Waals surface area contributed by atoms with Crippen molar-refractivity contribution in [1.82, 2.24) is 0 Å². The number of Topliss-reactive ketones (excluding diaryl/α,β-unsaturated/α-hetero) is 1. The number of aliphatic hydroxyl groups is 1. The van der Waals surface area contributed by atoms with Gasteiger partial charge in [0.1, 0.15) is 0 Å². The number of ketones is 1. The third-order valence-corrected chi connectivity index (χ3v) is 2.67. The van der Waals surface area contributed by atoms with Crippen molar-refractivity contribution in [3.8, 4) is 0 Å². The molecule has 0 saturated heterocycles. The van der Waals surface area contributed by atoms with Crippen molar-refractivity contribution in [2.75, 3.05) is 0 Å². The van der Waals surface area contributed by atoms with Crippen molar-refractivity contribution >= 4 is 5.78 Å². The molecule has 0 aliphatic heterocycles. The molecule has 1 aromatic rings. The van der Waals surface area contributed by atoms with E-state index in [-0.39, 0.29) is 12.2 Å². The van der Waals surface area contributed by atoms with E-state index >= 15 is 0 Å². The molecule has 0 fully saturated rings. The lowest BCUT2D eigenvalue weighted by Crippen LogP contribution is -2.01. The maximum absolute atomic E-state index is 11.4. The van der Waals surface area contributed by atoms with Gasteiger partial charge in [-0.1, -0.05) is 30.3 Å². The van der Waals surface area contributed by atoms with Gasteiger partial charge in [-0.05, 0) is 30.1 Å². The maximum atomic E-state index is 11.4. The molecule has 1 aliphatic carbocycles. The highest BCUT2D eigenvalue weighted by molar-refractivity contribution is 5.98. The fourth-order valence-corrected chi connectivity index (χ4v) is 1.85. The van der Waals surface area contributed by atoms with E-state index in [0.717, 1.165) is 18.4 Å². The second-order valence-electron chi connectivity index (χ2n) is 3.87. The first-order valence-electron chi connectivity index (χ1n) is 5.21. The van der Waals surface area contributed by atoms with Crippen molar-refractivity contribution in [3.63, 3.8) is 0 Å². The van der Waals surface area contributed by atoms with Crippen LogP contribution in [0.15, 0.2) is 42.0 Å². The van der Waals surface area contributed by atoms with E-state index in [2.05, 4.69) is 12.1 Å². The number of aliphatic hydroxyl groups excluding tert-OH is 1. The van der Waals surface area contributed by atoms with Crippen molar-refractivity contribution in [3.05, 3.63) is 47.5 Å². The highest BCUT2D eigenvalue weighted by Crippen LogP contribution is 2.19. The van der Waals surface area contributed by atoms with E-state index in [4.69, 9.17) is 0 Å². The van der Waals surface area contributed by atoms with E-state index in [1.807, 2.05) is 18.2 Å². The zero-order valence-electron chi connectivity index (χ0n) is 8.52. The number of carbonyl (C=O) groups excluding carboxylic acids is 1. The molecule has 0 unspecified atom stereocenters. The van der Waals surface area contributed by atoms with Gasteiger partial charge in [0.25, 0.3) is 0 Å². The van der Waals surface area contributed by atoms with Crippen LogP contribution in [-0.4, -0.2) is 17.0 Å². The summed E-state index contributed by atoms with van der Waals surface area (Å²) in [7, 11) is 0. The molecule has 2 rings (SSSR count). The Balaban J connectivity index is 1.94. The number of aryl methyl sites for hydroxylation is 1. The van der Waals surface area contributed by atoms with Crippen LogP contribution >= 0.6 is 0 Å². The van der Waals surface area contributed by atoms with Crippen molar-refractivity contribution < 1.29 is 9.90 Å². The number of rotatable bonds is 3. The van der Waals surface area contributed by atoms with Crippen LogP contribution in [0.5, 0.6) is 0 Å². The first-order valence-corrected chi connectivity index (χ1v) is 5.21. The number of allylic oxidation sites excluding steroid dienone is 1. The molecule has 0 bridgehead atoms. The van der Waals surface area contributed by atoms with Crippen molar-refractivity contribution in [2.45, 2.75) is 25.4 Å². The molecule has 2 nitrogen and oxygen atoms in total. The van der Waals surface area contributed by atoms with E-state index < -0.39 is 6.10 Å². The SMILES string of the molecule is O=C1C[C@H](O)C=C1CCc1ccccc1. The van der Waals surface area contributed by atoms with Crippen LogP contribution in [0, 0.1) is 0 Å². The van der Waals surface area contributed by atoms with Gasteiger partial charge in [-0.15, -0.1) is 0 Å². The Bertz CT molecular complexity index is 379. The summed E-state index contributed by atoms with van der Waals surface area (Å²) in [6.45, 7) is 0. The van der Waals surface area contributed by atoms with Gasteiger partial charge >= 0.3 is 0 Å². The van der Waals surface area contributed by atoms with Gasteiger partial charge in [0.05, 0.1) is 6.10 Å². The molecule has 1 atom stereocenters. The summed E-state index contributed by atoms with van der Waals surface area (Å²) in [5, 5.41) is 9.27. The lowest BCUT2D eigenvalue weighted by molar-refractivity contribution is -0.115. The third-order valence-electron chi connectivity index (χ3n) is 2.67. The Labute approximate surface area is 89.2 Å². The smallest absolute Gasteiger partial charge is 0.161 e. The molecular weight excluding hydrogens is 188 g/mol. The molecule has 15 heavy (non-hydrogen) atoms. The fourth-order valence-electron chi connectivity index (χ4n) is 1.85. The van der Waals surface area contributed by atoms with Gasteiger partial charge in [0, 0.05) is 6.42 Å². The molecule has 1 aromatic carbocycles. The predicted octanol–water partition coefficient (Wildman–Crippen LogP) is 1.88. The second-order valence-corrected chi connectivity index (χ2v) is 3.87. The molecule has 0 amide bonds. The maximum Gasteiger partial charge on any atom is 0.161 e. The first-order chi connectivity index (χ1) is 7.25. The summed E-state index contributed by atoms with van der Waals surface area (Å²) in [6, 6.07) is 10.1. The molecule has 1 aliphatic rings. The minimum Gasteiger partial charge on any atom is -0.389 e. The lowest BCUT2D eigenvalue weighted by atomic mass is 10.0. The predicted molar refractivity (Wildman–Crippen MR) is 58.5 cm³/mol. The van der Waals surface area contributed by atoms with Crippen LogP contribution in [0.25, 0.3) is 0 Å². The monoisotopic (exact) mass is 202 g/mol. The number of hydrogen-bond acceptors (Lipinski definition) is 2. The Morgan fingerprint density at radius 3 is 2.53 bits per heavy atom. The lowest BCUT2D eigenvalue weighted by Gasteiger charge is -2.00. The van der Waals surface area contributed by atoms with Crippen LogP contribution in [0.4, 0.5) is 0 Å². The Kier molecular flexibility index (Phi) is 2.97. The van der Waals surface area contributed by atoms with E-state index in [0.29, 0.717) is 0 Å². The molecule has 0 saturated carbocycles. The third kappa shape index (κ3) is 2.54. The van der Waals surface area contributed by atoms with Crippen molar-refractivity contribution in [1.29, 1.82) is 0 Å². The molecule has 0 aromatic heterocycles. The Hall–Kier alpha value is -1.41. The summed E-state index contributed by atoms with van der Waals surface area (Å²) in [5.74, 6) is 0.0958. The fraction of sp³-hybridized carbons (Fsp3) is 0.308. The highest BCUT2D eigenvalue weighted by atomic mass is 16.3. The minimum absolute atomic E-state index is 0.0958.